The van der Waals surface area contributed by atoms with Crippen LogP contribution in [0.25, 0.3) is 0 Å². The zero-order chi connectivity index (χ0) is 12.0. The third-order valence-electron chi connectivity index (χ3n) is 2.51. The van der Waals surface area contributed by atoms with Crippen molar-refractivity contribution in [3.8, 4) is 0 Å². The number of thioether (sulfide) groups is 1. The number of nitrogens with one attached hydrogen (secondary N) is 1. The Hall–Kier alpha value is -1.07. The first kappa shape index (κ1) is 13.0. The van der Waals surface area contributed by atoms with Crippen LogP contribution in [-0.2, 0) is 4.79 Å². The minimum atomic E-state index is -0.859. The van der Waals surface area contributed by atoms with E-state index >= 15 is 0 Å². The molecule has 0 aliphatic carbocycles. The Labute approximate surface area is 99.5 Å². The van der Waals surface area contributed by atoms with Crippen LogP contribution in [-0.4, -0.2) is 34.4 Å². The molecule has 1 atom stereocenters. The lowest BCUT2D eigenvalue weighted by molar-refractivity contribution is -0.144. The summed E-state index contributed by atoms with van der Waals surface area (Å²) in [7, 11) is 1.67. The van der Waals surface area contributed by atoms with Crippen molar-refractivity contribution in [2.45, 2.75) is 23.9 Å². The molecule has 0 aliphatic rings. The molecule has 0 fully saturated rings. The third-order valence-corrected chi connectivity index (χ3v) is 3.46. The second-order valence-corrected chi connectivity index (χ2v) is 4.77. The number of nitrogens with zero attached hydrogens (tertiary/aromatic N) is 1. The van der Waals surface area contributed by atoms with Gasteiger partial charge < -0.3 is 10.4 Å². The molecule has 1 unspecified atom stereocenters. The van der Waals surface area contributed by atoms with E-state index in [1.807, 2.05) is 18.2 Å². The number of carboxylic acid groups (broad SMARTS) is 1. The van der Waals surface area contributed by atoms with Crippen molar-refractivity contribution in [1.82, 2.24) is 10.3 Å². The highest BCUT2D eigenvalue weighted by Crippen LogP contribution is 2.19. The van der Waals surface area contributed by atoms with Crippen LogP contribution < -0.4 is 5.32 Å². The van der Waals surface area contributed by atoms with Gasteiger partial charge in [0.1, 0.15) is 5.54 Å². The second kappa shape index (κ2) is 5.86. The van der Waals surface area contributed by atoms with Crippen molar-refractivity contribution < 1.29 is 9.90 Å². The standard InChI is InChI=1S/C11H16N2O2S/c1-11(12-2,10(14)15)6-8-16-9-5-3-4-7-13-9/h3-5,7,12H,6,8H2,1-2H3,(H,14,15). The molecule has 0 radical (unpaired) electrons. The maximum Gasteiger partial charge on any atom is 0.323 e. The molecular formula is C11H16N2O2S. The van der Waals surface area contributed by atoms with Crippen LogP contribution in [0.2, 0.25) is 0 Å². The van der Waals surface area contributed by atoms with E-state index in [1.165, 1.54) is 0 Å². The topological polar surface area (TPSA) is 62.2 Å². The van der Waals surface area contributed by atoms with Crippen LogP contribution in [0.4, 0.5) is 0 Å². The number of pyridine rings is 1. The van der Waals surface area contributed by atoms with Gasteiger partial charge in [0.2, 0.25) is 0 Å². The van der Waals surface area contributed by atoms with E-state index in [9.17, 15) is 4.79 Å². The van der Waals surface area contributed by atoms with Gasteiger partial charge >= 0.3 is 5.97 Å². The molecule has 0 aliphatic heterocycles. The fourth-order valence-electron chi connectivity index (χ4n) is 1.13. The molecule has 16 heavy (non-hydrogen) atoms. The van der Waals surface area contributed by atoms with Gasteiger partial charge in [0, 0.05) is 11.9 Å². The summed E-state index contributed by atoms with van der Waals surface area (Å²) in [4.78, 5) is 15.2. The van der Waals surface area contributed by atoms with Crippen LogP contribution in [0.15, 0.2) is 29.4 Å². The minimum absolute atomic E-state index is 0.556. The van der Waals surface area contributed by atoms with Gasteiger partial charge in [-0.2, -0.15) is 0 Å². The molecule has 0 saturated carbocycles. The lowest BCUT2D eigenvalue weighted by Crippen LogP contribution is -2.47. The quantitative estimate of drug-likeness (QED) is 0.740. The SMILES string of the molecule is CNC(C)(CCSc1ccccn1)C(=O)O. The monoisotopic (exact) mass is 240 g/mol. The third kappa shape index (κ3) is 3.50. The highest BCUT2D eigenvalue weighted by molar-refractivity contribution is 7.99. The molecule has 5 heteroatoms. The van der Waals surface area contributed by atoms with Crippen LogP contribution in [0.3, 0.4) is 0 Å². The number of rotatable bonds is 6. The van der Waals surface area contributed by atoms with Gasteiger partial charge in [-0.1, -0.05) is 6.07 Å². The number of hydrogen-bond donors (Lipinski definition) is 2. The number of carboxylic acids is 1. The Morgan fingerprint density at radius 3 is 2.88 bits per heavy atom. The van der Waals surface area contributed by atoms with E-state index in [-0.39, 0.29) is 0 Å². The van der Waals surface area contributed by atoms with Crippen LogP contribution in [0.1, 0.15) is 13.3 Å². The Balaban J connectivity index is 2.43. The molecule has 0 amide bonds. The molecule has 1 aromatic heterocycles. The molecule has 0 aromatic carbocycles. The number of hydrogen-bond acceptors (Lipinski definition) is 4. The van der Waals surface area contributed by atoms with E-state index in [4.69, 9.17) is 5.11 Å². The number of carbonyl (C=O) groups is 1. The Bertz CT molecular complexity index is 345. The summed E-state index contributed by atoms with van der Waals surface area (Å²) in [5.74, 6) is -0.0997. The van der Waals surface area contributed by atoms with Crippen molar-refractivity contribution in [1.29, 1.82) is 0 Å². The maximum atomic E-state index is 11.0. The van der Waals surface area contributed by atoms with Gasteiger partial charge in [-0.3, -0.25) is 4.79 Å². The molecule has 0 bridgehead atoms. The molecular weight excluding hydrogens is 224 g/mol. The van der Waals surface area contributed by atoms with E-state index < -0.39 is 11.5 Å². The minimum Gasteiger partial charge on any atom is -0.480 e. The summed E-state index contributed by atoms with van der Waals surface area (Å²) in [5.41, 5.74) is -0.859. The predicted octanol–water partition coefficient (Wildman–Crippen LogP) is 1.63. The highest BCUT2D eigenvalue weighted by atomic mass is 32.2. The van der Waals surface area contributed by atoms with Crippen molar-refractivity contribution in [3.63, 3.8) is 0 Å². The largest absolute Gasteiger partial charge is 0.480 e. The van der Waals surface area contributed by atoms with Gasteiger partial charge in [0.25, 0.3) is 0 Å². The van der Waals surface area contributed by atoms with Crippen LogP contribution in [0.5, 0.6) is 0 Å². The molecule has 2 N–H and O–H groups in total. The molecule has 1 rings (SSSR count). The average molecular weight is 240 g/mol. The zero-order valence-electron chi connectivity index (χ0n) is 9.43. The van der Waals surface area contributed by atoms with Gasteiger partial charge in [-0.05, 0) is 32.5 Å². The molecule has 4 nitrogen and oxygen atoms in total. The summed E-state index contributed by atoms with van der Waals surface area (Å²) >= 11 is 1.57. The Kier molecular flexibility index (Phi) is 4.76. The fourth-order valence-corrected chi connectivity index (χ4v) is 2.16. The predicted molar refractivity (Wildman–Crippen MR) is 64.7 cm³/mol. The summed E-state index contributed by atoms with van der Waals surface area (Å²) in [6, 6.07) is 5.70. The lowest BCUT2D eigenvalue weighted by Gasteiger charge is -2.23. The van der Waals surface area contributed by atoms with E-state index in [0.29, 0.717) is 6.42 Å². The zero-order valence-corrected chi connectivity index (χ0v) is 10.3. The van der Waals surface area contributed by atoms with Crippen LogP contribution in [0, 0.1) is 0 Å². The fraction of sp³-hybridized carbons (Fsp3) is 0.455. The Morgan fingerprint density at radius 2 is 2.38 bits per heavy atom. The molecule has 1 heterocycles. The van der Waals surface area contributed by atoms with Crippen molar-refractivity contribution in [2.75, 3.05) is 12.8 Å². The van der Waals surface area contributed by atoms with Crippen molar-refractivity contribution in [2.24, 2.45) is 0 Å². The summed E-state index contributed by atoms with van der Waals surface area (Å²) in [5, 5.41) is 12.8. The van der Waals surface area contributed by atoms with E-state index in [2.05, 4.69) is 10.3 Å². The summed E-state index contributed by atoms with van der Waals surface area (Å²) in [6.45, 7) is 1.69. The van der Waals surface area contributed by atoms with Gasteiger partial charge in [0.05, 0.1) is 5.03 Å². The average Bonchev–Trinajstić information content (AvgIpc) is 2.30. The van der Waals surface area contributed by atoms with E-state index in [0.717, 1.165) is 10.8 Å². The van der Waals surface area contributed by atoms with Crippen LogP contribution >= 0.6 is 11.8 Å². The van der Waals surface area contributed by atoms with Crippen molar-refractivity contribution in [3.05, 3.63) is 24.4 Å². The first-order chi connectivity index (χ1) is 7.58. The lowest BCUT2D eigenvalue weighted by atomic mass is 10.00. The molecule has 0 spiro atoms. The highest BCUT2D eigenvalue weighted by Gasteiger charge is 2.30. The summed E-state index contributed by atoms with van der Waals surface area (Å²) < 4.78 is 0. The Morgan fingerprint density at radius 1 is 1.62 bits per heavy atom. The first-order valence-corrected chi connectivity index (χ1v) is 6.03. The smallest absolute Gasteiger partial charge is 0.323 e. The molecule has 0 saturated heterocycles. The van der Waals surface area contributed by atoms with Crippen molar-refractivity contribution >= 4 is 17.7 Å². The second-order valence-electron chi connectivity index (χ2n) is 3.65. The summed E-state index contributed by atoms with van der Waals surface area (Å²) in [6.07, 6.45) is 2.29. The number of aliphatic carboxylic acids is 1. The van der Waals surface area contributed by atoms with Gasteiger partial charge in [0.15, 0.2) is 0 Å². The van der Waals surface area contributed by atoms with Gasteiger partial charge in [-0.15, -0.1) is 11.8 Å². The van der Waals surface area contributed by atoms with E-state index in [1.54, 1.807) is 31.9 Å². The number of aromatic nitrogens is 1. The molecule has 88 valence electrons. The number of likely N-dealkylation sites (N-methyl/N-ethyl adjacent to an activating group) is 1. The molecule has 1 aromatic rings. The normalized spacial score (nSPS) is 14.4. The van der Waals surface area contributed by atoms with Gasteiger partial charge in [-0.25, -0.2) is 4.98 Å². The maximum absolute atomic E-state index is 11.0. The first-order valence-electron chi connectivity index (χ1n) is 5.04.